The van der Waals surface area contributed by atoms with Gasteiger partial charge in [0.05, 0.1) is 11.2 Å². The number of nitrogens with two attached hydrogens (primary N) is 1. The average molecular weight is 264 g/mol. The minimum Gasteiger partial charge on any atom is -0.311 e. The van der Waals surface area contributed by atoms with Crippen molar-refractivity contribution in [3.8, 4) is 0 Å². The molecule has 7 heteroatoms. The number of halogens is 1. The van der Waals surface area contributed by atoms with E-state index in [4.69, 9.17) is 5.73 Å². The fourth-order valence-electron chi connectivity index (χ4n) is 2.79. The van der Waals surface area contributed by atoms with Crippen LogP contribution in [0.2, 0.25) is 0 Å². The summed E-state index contributed by atoms with van der Waals surface area (Å²) in [7, 11) is 1.83. The van der Waals surface area contributed by atoms with Crippen LogP contribution in [0.1, 0.15) is 13.8 Å². The number of aromatic nitrogens is 2. The van der Waals surface area contributed by atoms with Gasteiger partial charge in [-0.2, -0.15) is 5.01 Å². The molecule has 2 aliphatic heterocycles. The van der Waals surface area contributed by atoms with E-state index in [1.54, 1.807) is 17.3 Å². The summed E-state index contributed by atoms with van der Waals surface area (Å²) in [5.41, 5.74) is 7.01. The Labute approximate surface area is 111 Å². The van der Waals surface area contributed by atoms with Gasteiger partial charge < -0.3 is 5.73 Å². The number of nitrogens with zero attached hydrogens (tertiary/aromatic N) is 4. The normalized spacial score (nSPS) is 30.1. The van der Waals surface area contributed by atoms with Crippen LogP contribution in [0.5, 0.6) is 0 Å². The van der Waals surface area contributed by atoms with E-state index in [1.807, 2.05) is 25.9 Å². The van der Waals surface area contributed by atoms with Crippen LogP contribution < -0.4 is 16.1 Å². The van der Waals surface area contributed by atoms with Gasteiger partial charge in [-0.3, -0.25) is 10.3 Å². The molecule has 0 aliphatic carbocycles. The van der Waals surface area contributed by atoms with E-state index in [0.29, 0.717) is 11.4 Å². The Balaban J connectivity index is 2.13. The van der Waals surface area contributed by atoms with E-state index in [2.05, 4.69) is 15.3 Å². The quantitative estimate of drug-likeness (QED) is 0.714. The lowest BCUT2D eigenvalue weighted by Gasteiger charge is -2.36. The summed E-state index contributed by atoms with van der Waals surface area (Å²) in [6, 6.07) is 1.78. The molecule has 3 rings (SSSR count). The summed E-state index contributed by atoms with van der Waals surface area (Å²) in [5, 5.41) is 6.56. The smallest absolute Gasteiger partial charge is 0.178 e. The Morgan fingerprint density at radius 1 is 1.47 bits per heavy atom. The highest BCUT2D eigenvalue weighted by molar-refractivity contribution is 5.56. The monoisotopic (exact) mass is 264 g/mol. The van der Waals surface area contributed by atoms with Gasteiger partial charge >= 0.3 is 0 Å². The van der Waals surface area contributed by atoms with Gasteiger partial charge in [0.15, 0.2) is 12.1 Å². The largest absolute Gasteiger partial charge is 0.311 e. The fourth-order valence-corrected chi connectivity index (χ4v) is 2.79. The third-order valence-corrected chi connectivity index (χ3v) is 3.66. The fraction of sp³-hybridized carbons (Fsp3) is 0.500. The maximum absolute atomic E-state index is 14.2. The van der Waals surface area contributed by atoms with Crippen LogP contribution >= 0.6 is 0 Å². The second kappa shape index (κ2) is 3.96. The average Bonchev–Trinajstić information content (AvgIpc) is 2.76. The highest BCUT2D eigenvalue weighted by Crippen LogP contribution is 2.42. The molecule has 2 atom stereocenters. The van der Waals surface area contributed by atoms with Gasteiger partial charge in [-0.1, -0.05) is 0 Å². The molecule has 3 N–H and O–H groups in total. The Morgan fingerprint density at radius 3 is 2.84 bits per heavy atom. The first-order chi connectivity index (χ1) is 8.93. The molecule has 102 valence electrons. The number of hydrazine groups is 1. The van der Waals surface area contributed by atoms with Gasteiger partial charge in [0.1, 0.15) is 12.5 Å². The molecule has 3 heterocycles. The number of likely N-dealkylation sites (N-methyl/N-ethyl adjacent to an activating group) is 1. The molecule has 1 aromatic heterocycles. The molecular weight excluding hydrogens is 247 g/mol. The lowest BCUT2D eigenvalue weighted by atomic mass is 10.0. The van der Waals surface area contributed by atoms with Gasteiger partial charge in [-0.05, 0) is 13.8 Å². The van der Waals surface area contributed by atoms with Crippen molar-refractivity contribution in [3.05, 3.63) is 29.9 Å². The molecule has 0 aromatic carbocycles. The first-order valence-corrected chi connectivity index (χ1v) is 6.14. The zero-order valence-electron chi connectivity index (χ0n) is 11.1. The van der Waals surface area contributed by atoms with Crippen molar-refractivity contribution in [3.63, 3.8) is 0 Å². The van der Waals surface area contributed by atoms with Crippen molar-refractivity contribution < 1.29 is 4.39 Å². The van der Waals surface area contributed by atoms with Crippen LogP contribution in [0.25, 0.3) is 0 Å². The summed E-state index contributed by atoms with van der Waals surface area (Å²) >= 11 is 0. The van der Waals surface area contributed by atoms with Crippen LogP contribution in [0.15, 0.2) is 29.9 Å². The van der Waals surface area contributed by atoms with Crippen LogP contribution in [0, 0.1) is 0 Å². The summed E-state index contributed by atoms with van der Waals surface area (Å²) < 4.78 is 14.2. The highest BCUT2D eigenvalue weighted by atomic mass is 19.1. The van der Waals surface area contributed by atoms with E-state index in [0.717, 1.165) is 5.70 Å². The number of alkyl halides is 1. The topological polar surface area (TPSA) is 70.3 Å². The maximum atomic E-state index is 14.2. The predicted molar refractivity (Wildman–Crippen MR) is 69.4 cm³/mol. The zero-order valence-corrected chi connectivity index (χ0v) is 11.1. The zero-order chi connectivity index (χ0) is 13.8. The van der Waals surface area contributed by atoms with Crippen molar-refractivity contribution in [1.29, 1.82) is 0 Å². The number of nitrogens with one attached hydrogen (secondary N) is 1. The summed E-state index contributed by atoms with van der Waals surface area (Å²) in [4.78, 5) is 8.13. The summed E-state index contributed by atoms with van der Waals surface area (Å²) in [6.07, 6.45) is 1.40. The standard InChI is InChI=1S/C12H17FN6/c1-12(2)9-8(10(13)17-12)11(14)18(3)19(9)7-4-5-15-6-16-7/h4-6,10-11,17H,14H2,1-3H3. The Morgan fingerprint density at radius 2 is 2.21 bits per heavy atom. The minimum absolute atomic E-state index is 0.491. The second-order valence-corrected chi connectivity index (χ2v) is 5.33. The SMILES string of the molecule is CN1C(N)C2=C(N1c1ccncn1)C(C)(C)NC2F. The van der Waals surface area contributed by atoms with Crippen LogP contribution in [-0.2, 0) is 0 Å². The first kappa shape index (κ1) is 12.5. The second-order valence-electron chi connectivity index (χ2n) is 5.33. The lowest BCUT2D eigenvalue weighted by molar-refractivity contribution is 0.216. The van der Waals surface area contributed by atoms with E-state index in [-0.39, 0.29) is 0 Å². The molecule has 0 saturated carbocycles. The molecule has 19 heavy (non-hydrogen) atoms. The Hall–Kier alpha value is -1.57. The van der Waals surface area contributed by atoms with E-state index >= 15 is 0 Å². The molecule has 6 nitrogen and oxygen atoms in total. The molecule has 1 aromatic rings. The number of hydrogen-bond donors (Lipinski definition) is 2. The highest BCUT2D eigenvalue weighted by Gasteiger charge is 2.51. The first-order valence-electron chi connectivity index (χ1n) is 6.14. The van der Waals surface area contributed by atoms with Gasteiger partial charge in [0.25, 0.3) is 0 Å². The van der Waals surface area contributed by atoms with Gasteiger partial charge in [0, 0.05) is 24.9 Å². The van der Waals surface area contributed by atoms with E-state index in [9.17, 15) is 4.39 Å². The molecule has 0 fully saturated rings. The Bertz CT molecular complexity index is 528. The van der Waals surface area contributed by atoms with Gasteiger partial charge in [0.2, 0.25) is 0 Å². The molecule has 2 unspecified atom stereocenters. The van der Waals surface area contributed by atoms with E-state index in [1.165, 1.54) is 6.33 Å². The third kappa shape index (κ3) is 1.66. The third-order valence-electron chi connectivity index (χ3n) is 3.66. The maximum Gasteiger partial charge on any atom is 0.178 e. The number of hydrogen-bond acceptors (Lipinski definition) is 6. The van der Waals surface area contributed by atoms with Crippen molar-refractivity contribution >= 4 is 5.82 Å². The summed E-state index contributed by atoms with van der Waals surface area (Å²) in [5.74, 6) is 0.682. The van der Waals surface area contributed by atoms with Crippen molar-refractivity contribution in [1.82, 2.24) is 20.3 Å². The number of anilines is 1. The minimum atomic E-state index is -1.23. The van der Waals surface area contributed by atoms with Crippen LogP contribution in [0.4, 0.5) is 10.2 Å². The van der Waals surface area contributed by atoms with Gasteiger partial charge in [-0.25, -0.2) is 14.4 Å². The van der Waals surface area contributed by atoms with Gasteiger partial charge in [-0.15, -0.1) is 0 Å². The molecule has 0 bridgehead atoms. The van der Waals surface area contributed by atoms with E-state index < -0.39 is 18.0 Å². The predicted octanol–water partition coefficient (Wildman–Crippen LogP) is 0.360. The molecule has 0 radical (unpaired) electrons. The molecular formula is C12H17FN6. The molecule has 2 aliphatic rings. The summed E-state index contributed by atoms with van der Waals surface area (Å²) in [6.45, 7) is 3.87. The van der Waals surface area contributed by atoms with Crippen molar-refractivity contribution in [2.75, 3.05) is 12.1 Å². The van der Waals surface area contributed by atoms with Crippen molar-refractivity contribution in [2.24, 2.45) is 5.73 Å². The van der Waals surface area contributed by atoms with Crippen molar-refractivity contribution in [2.45, 2.75) is 31.8 Å². The van der Waals surface area contributed by atoms with Crippen LogP contribution in [-0.4, -0.2) is 40.0 Å². The molecule has 0 spiro atoms. The molecule has 0 saturated heterocycles. The number of rotatable bonds is 1. The lowest BCUT2D eigenvalue weighted by Crippen LogP contribution is -2.53. The molecule has 0 amide bonds. The Kier molecular flexibility index (Phi) is 2.60. The van der Waals surface area contributed by atoms with Crippen LogP contribution in [0.3, 0.4) is 0 Å².